The Morgan fingerprint density at radius 1 is 1.00 bits per heavy atom. The highest BCUT2D eigenvalue weighted by molar-refractivity contribution is 4.86. The molecule has 0 aromatic rings. The third-order valence-corrected chi connectivity index (χ3v) is 4.15. The van der Waals surface area contributed by atoms with Crippen molar-refractivity contribution < 1.29 is 4.74 Å². The van der Waals surface area contributed by atoms with Crippen molar-refractivity contribution in [1.82, 2.24) is 0 Å². The number of hydrogen-bond donors (Lipinski definition) is 0. The second-order valence-corrected chi connectivity index (χ2v) is 5.37. The minimum atomic E-state index is 0.464. The third kappa shape index (κ3) is 2.13. The van der Waals surface area contributed by atoms with Crippen LogP contribution in [0.4, 0.5) is 0 Å². The molecule has 1 rings (SSSR count). The maximum atomic E-state index is 6.19. The molecular formula is C13H26O. The molecule has 1 saturated heterocycles. The van der Waals surface area contributed by atoms with Crippen LogP contribution in [0.15, 0.2) is 0 Å². The summed E-state index contributed by atoms with van der Waals surface area (Å²) in [6.07, 6.45) is 2.10. The van der Waals surface area contributed by atoms with E-state index in [-0.39, 0.29) is 0 Å². The summed E-state index contributed by atoms with van der Waals surface area (Å²) in [6.45, 7) is 13.9. The van der Waals surface area contributed by atoms with Crippen molar-refractivity contribution in [3.63, 3.8) is 0 Å². The summed E-state index contributed by atoms with van der Waals surface area (Å²) >= 11 is 0. The van der Waals surface area contributed by atoms with Crippen LogP contribution >= 0.6 is 0 Å². The molecule has 14 heavy (non-hydrogen) atoms. The standard InChI is InChI=1S/C13H26O/c1-7-12-10(5)9(4)11(6)13(14-12)8(2)3/h8-13H,7H2,1-6H3/t9?,10-,11-,12?,13?/m1/s1. The molecule has 0 N–H and O–H groups in total. The molecule has 3 unspecified atom stereocenters. The highest BCUT2D eigenvalue weighted by Gasteiger charge is 2.39. The van der Waals surface area contributed by atoms with Crippen molar-refractivity contribution in [2.75, 3.05) is 0 Å². The predicted octanol–water partition coefficient (Wildman–Crippen LogP) is 3.73. The third-order valence-electron chi connectivity index (χ3n) is 4.15. The lowest BCUT2D eigenvalue weighted by molar-refractivity contribution is -0.149. The summed E-state index contributed by atoms with van der Waals surface area (Å²) < 4.78 is 6.19. The van der Waals surface area contributed by atoms with Gasteiger partial charge in [-0.15, -0.1) is 0 Å². The van der Waals surface area contributed by atoms with E-state index in [9.17, 15) is 0 Å². The van der Waals surface area contributed by atoms with Gasteiger partial charge in [-0.25, -0.2) is 0 Å². The van der Waals surface area contributed by atoms with Gasteiger partial charge in [0.25, 0.3) is 0 Å². The summed E-state index contributed by atoms with van der Waals surface area (Å²) in [5.41, 5.74) is 0. The summed E-state index contributed by atoms with van der Waals surface area (Å²) in [5, 5.41) is 0. The predicted molar refractivity (Wildman–Crippen MR) is 61.3 cm³/mol. The summed E-state index contributed by atoms with van der Waals surface area (Å²) in [7, 11) is 0. The molecule has 5 atom stereocenters. The molecule has 0 saturated carbocycles. The minimum absolute atomic E-state index is 0.464. The smallest absolute Gasteiger partial charge is 0.0630 e. The first-order valence-corrected chi connectivity index (χ1v) is 6.14. The molecule has 0 bridgehead atoms. The Kier molecular flexibility index (Phi) is 4.00. The van der Waals surface area contributed by atoms with E-state index in [2.05, 4.69) is 41.5 Å². The van der Waals surface area contributed by atoms with E-state index in [1.165, 1.54) is 0 Å². The van der Waals surface area contributed by atoms with Crippen LogP contribution in [0.2, 0.25) is 0 Å². The lowest BCUT2D eigenvalue weighted by Gasteiger charge is -2.45. The molecule has 1 fully saturated rings. The second kappa shape index (κ2) is 4.65. The van der Waals surface area contributed by atoms with Crippen molar-refractivity contribution in [2.24, 2.45) is 23.7 Å². The van der Waals surface area contributed by atoms with Gasteiger partial charge >= 0.3 is 0 Å². The van der Waals surface area contributed by atoms with Gasteiger partial charge in [-0.2, -0.15) is 0 Å². The average Bonchev–Trinajstić information content (AvgIpc) is 2.14. The van der Waals surface area contributed by atoms with Gasteiger partial charge in [-0.3, -0.25) is 0 Å². The van der Waals surface area contributed by atoms with Gasteiger partial charge in [0.1, 0.15) is 0 Å². The van der Waals surface area contributed by atoms with E-state index >= 15 is 0 Å². The fourth-order valence-electron chi connectivity index (χ4n) is 2.80. The minimum Gasteiger partial charge on any atom is -0.374 e. The Morgan fingerprint density at radius 3 is 2.00 bits per heavy atom. The monoisotopic (exact) mass is 198 g/mol. The molecule has 0 aromatic carbocycles. The van der Waals surface area contributed by atoms with Crippen molar-refractivity contribution in [3.8, 4) is 0 Å². The van der Waals surface area contributed by atoms with Crippen molar-refractivity contribution >= 4 is 0 Å². The molecule has 1 heterocycles. The van der Waals surface area contributed by atoms with Crippen LogP contribution < -0.4 is 0 Å². The SMILES string of the molecule is CCC1OC(C(C)C)[C@H](C)C(C)[C@H]1C. The van der Waals surface area contributed by atoms with Crippen LogP contribution in [-0.4, -0.2) is 12.2 Å². The van der Waals surface area contributed by atoms with Crippen LogP contribution in [0.5, 0.6) is 0 Å². The Bertz CT molecular complexity index is 174. The zero-order valence-electron chi connectivity index (χ0n) is 10.6. The fourth-order valence-corrected chi connectivity index (χ4v) is 2.80. The van der Waals surface area contributed by atoms with Gasteiger partial charge in [0.15, 0.2) is 0 Å². The maximum absolute atomic E-state index is 6.19. The molecule has 0 aliphatic carbocycles. The highest BCUT2D eigenvalue weighted by Crippen LogP contribution is 2.38. The first-order valence-electron chi connectivity index (χ1n) is 6.14. The van der Waals surface area contributed by atoms with Crippen molar-refractivity contribution in [1.29, 1.82) is 0 Å². The zero-order valence-corrected chi connectivity index (χ0v) is 10.6. The lowest BCUT2D eigenvalue weighted by Crippen LogP contribution is -2.46. The molecule has 1 aliphatic rings. The van der Waals surface area contributed by atoms with E-state index in [4.69, 9.17) is 4.74 Å². The molecule has 0 aromatic heterocycles. The van der Waals surface area contributed by atoms with E-state index in [1.807, 2.05) is 0 Å². The Balaban J connectivity index is 2.73. The quantitative estimate of drug-likeness (QED) is 0.657. The maximum Gasteiger partial charge on any atom is 0.0630 e. The first kappa shape index (κ1) is 12.0. The van der Waals surface area contributed by atoms with Gasteiger partial charge in [0.2, 0.25) is 0 Å². The van der Waals surface area contributed by atoms with E-state index < -0.39 is 0 Å². The van der Waals surface area contributed by atoms with Crippen LogP contribution in [0.3, 0.4) is 0 Å². The Hall–Kier alpha value is -0.0400. The summed E-state index contributed by atoms with van der Waals surface area (Å²) in [6, 6.07) is 0. The molecule has 0 radical (unpaired) electrons. The second-order valence-electron chi connectivity index (χ2n) is 5.37. The lowest BCUT2D eigenvalue weighted by atomic mass is 9.73. The number of rotatable bonds is 2. The van der Waals surface area contributed by atoms with E-state index in [0.717, 1.165) is 12.3 Å². The highest BCUT2D eigenvalue weighted by atomic mass is 16.5. The topological polar surface area (TPSA) is 9.23 Å². The zero-order chi connectivity index (χ0) is 10.9. The molecule has 1 heteroatoms. The largest absolute Gasteiger partial charge is 0.374 e. The summed E-state index contributed by atoms with van der Waals surface area (Å²) in [5.74, 6) is 2.85. The number of ether oxygens (including phenoxy) is 1. The van der Waals surface area contributed by atoms with E-state index in [0.29, 0.717) is 30.0 Å². The van der Waals surface area contributed by atoms with Crippen LogP contribution in [0, 0.1) is 23.7 Å². The Morgan fingerprint density at radius 2 is 1.57 bits per heavy atom. The molecule has 84 valence electrons. The first-order chi connectivity index (χ1) is 6.49. The molecule has 1 nitrogen and oxygen atoms in total. The number of hydrogen-bond acceptors (Lipinski definition) is 1. The van der Waals surface area contributed by atoms with Gasteiger partial charge < -0.3 is 4.74 Å². The normalized spacial score (nSPS) is 44.4. The Labute approximate surface area is 89.2 Å². The van der Waals surface area contributed by atoms with Crippen molar-refractivity contribution in [3.05, 3.63) is 0 Å². The summed E-state index contributed by atoms with van der Waals surface area (Å²) in [4.78, 5) is 0. The van der Waals surface area contributed by atoms with E-state index in [1.54, 1.807) is 0 Å². The molecule has 1 aliphatic heterocycles. The fraction of sp³-hybridized carbons (Fsp3) is 1.00. The average molecular weight is 198 g/mol. The van der Waals surface area contributed by atoms with Crippen molar-refractivity contribution in [2.45, 2.75) is 60.2 Å². The van der Waals surface area contributed by atoms with Gasteiger partial charge in [0.05, 0.1) is 12.2 Å². The van der Waals surface area contributed by atoms with Gasteiger partial charge in [0, 0.05) is 0 Å². The molecular weight excluding hydrogens is 172 g/mol. The van der Waals surface area contributed by atoms with Gasteiger partial charge in [-0.1, -0.05) is 41.5 Å². The molecule has 0 amide bonds. The van der Waals surface area contributed by atoms with Crippen LogP contribution in [0.25, 0.3) is 0 Å². The van der Waals surface area contributed by atoms with Gasteiger partial charge in [-0.05, 0) is 30.1 Å². The van der Waals surface area contributed by atoms with Crippen LogP contribution in [0.1, 0.15) is 48.0 Å². The molecule has 0 spiro atoms. The van der Waals surface area contributed by atoms with Crippen LogP contribution in [-0.2, 0) is 4.74 Å².